The number of hydrogen-bond donors (Lipinski definition) is 2. The third-order valence-electron chi connectivity index (χ3n) is 4.42. The quantitative estimate of drug-likeness (QED) is 0.572. The maximum atomic E-state index is 12.6. The average Bonchev–Trinajstić information content (AvgIpc) is 2.76. The first-order valence-electron chi connectivity index (χ1n) is 8.33. The molecule has 0 saturated carbocycles. The van der Waals surface area contributed by atoms with Gasteiger partial charge in [-0.25, -0.2) is 4.79 Å². The van der Waals surface area contributed by atoms with E-state index in [0.29, 0.717) is 6.42 Å². The Morgan fingerprint density at radius 3 is 2.35 bits per heavy atom. The minimum Gasteiger partial charge on any atom is -0.392 e. The molecule has 126 valence electrons. The van der Waals surface area contributed by atoms with Crippen molar-refractivity contribution in [2.24, 2.45) is 0 Å². The minimum atomic E-state index is -0.782. The SMILES string of the molecule is CCCCCCC1(C)NC(=O)N(Cc2ccc(CO)cc2)C1=O. The number of carbonyl (C=O) groups is 2. The molecule has 0 bridgehead atoms. The van der Waals surface area contributed by atoms with E-state index in [1.54, 1.807) is 12.1 Å². The van der Waals surface area contributed by atoms with Crippen molar-refractivity contribution < 1.29 is 14.7 Å². The summed E-state index contributed by atoms with van der Waals surface area (Å²) < 4.78 is 0. The standard InChI is InChI=1S/C18H26N2O3/c1-3-4-5-6-11-18(2)16(22)20(17(23)19-18)12-14-7-9-15(13-21)10-8-14/h7-10,21H,3-6,11-13H2,1-2H3,(H,19,23). The summed E-state index contributed by atoms with van der Waals surface area (Å²) >= 11 is 0. The molecule has 1 fully saturated rings. The highest BCUT2D eigenvalue weighted by atomic mass is 16.3. The smallest absolute Gasteiger partial charge is 0.325 e. The van der Waals surface area contributed by atoms with E-state index < -0.39 is 5.54 Å². The molecule has 0 radical (unpaired) electrons. The maximum Gasteiger partial charge on any atom is 0.325 e. The highest BCUT2D eigenvalue weighted by molar-refractivity contribution is 6.06. The summed E-state index contributed by atoms with van der Waals surface area (Å²) in [5, 5.41) is 11.9. The van der Waals surface area contributed by atoms with Gasteiger partial charge >= 0.3 is 6.03 Å². The fourth-order valence-corrected chi connectivity index (χ4v) is 2.90. The largest absolute Gasteiger partial charge is 0.392 e. The van der Waals surface area contributed by atoms with E-state index in [9.17, 15) is 9.59 Å². The molecule has 0 aromatic heterocycles. The van der Waals surface area contributed by atoms with Crippen LogP contribution in [0.4, 0.5) is 4.79 Å². The number of urea groups is 1. The van der Waals surface area contributed by atoms with E-state index in [0.717, 1.165) is 36.8 Å². The van der Waals surface area contributed by atoms with Gasteiger partial charge in [0.1, 0.15) is 5.54 Å². The third kappa shape index (κ3) is 4.10. The summed E-state index contributed by atoms with van der Waals surface area (Å²) in [5.41, 5.74) is 0.906. The second-order valence-corrected chi connectivity index (χ2v) is 6.44. The molecule has 1 aromatic carbocycles. The number of aliphatic hydroxyl groups excluding tert-OH is 1. The van der Waals surface area contributed by atoms with Crippen molar-refractivity contribution in [3.05, 3.63) is 35.4 Å². The molecule has 5 nitrogen and oxygen atoms in total. The Morgan fingerprint density at radius 2 is 1.74 bits per heavy atom. The maximum absolute atomic E-state index is 12.6. The van der Waals surface area contributed by atoms with Crippen molar-refractivity contribution in [3.8, 4) is 0 Å². The lowest BCUT2D eigenvalue weighted by Crippen LogP contribution is -2.43. The zero-order valence-corrected chi connectivity index (χ0v) is 14.0. The first kappa shape index (κ1) is 17.5. The monoisotopic (exact) mass is 318 g/mol. The molecular formula is C18H26N2O3. The van der Waals surface area contributed by atoms with Gasteiger partial charge in [0.2, 0.25) is 0 Å². The molecule has 3 amide bonds. The molecule has 1 aromatic rings. The molecule has 0 aliphatic carbocycles. The molecule has 23 heavy (non-hydrogen) atoms. The van der Waals surface area contributed by atoms with Crippen LogP contribution >= 0.6 is 0 Å². The van der Waals surface area contributed by atoms with E-state index in [-0.39, 0.29) is 25.1 Å². The molecule has 2 N–H and O–H groups in total. The number of carbonyl (C=O) groups excluding carboxylic acids is 2. The zero-order chi connectivity index (χ0) is 16.9. The number of nitrogens with one attached hydrogen (secondary N) is 1. The minimum absolute atomic E-state index is 0.0146. The van der Waals surface area contributed by atoms with Crippen LogP contribution in [0.15, 0.2) is 24.3 Å². The first-order chi connectivity index (χ1) is 11.0. The van der Waals surface area contributed by atoms with E-state index in [1.165, 1.54) is 4.90 Å². The van der Waals surface area contributed by atoms with Crippen molar-refractivity contribution in [2.45, 2.75) is 64.6 Å². The van der Waals surface area contributed by atoms with Gasteiger partial charge in [-0.15, -0.1) is 0 Å². The molecule has 2 rings (SSSR count). The van der Waals surface area contributed by atoms with E-state index in [2.05, 4.69) is 12.2 Å². The van der Waals surface area contributed by atoms with E-state index >= 15 is 0 Å². The summed E-state index contributed by atoms with van der Waals surface area (Å²) in [4.78, 5) is 26.1. The van der Waals surface area contributed by atoms with Gasteiger partial charge in [0.15, 0.2) is 0 Å². The van der Waals surface area contributed by atoms with Gasteiger partial charge in [-0.05, 0) is 24.5 Å². The fourth-order valence-electron chi connectivity index (χ4n) is 2.90. The lowest BCUT2D eigenvalue weighted by atomic mass is 9.94. The summed E-state index contributed by atoms with van der Waals surface area (Å²) in [7, 11) is 0. The number of rotatable bonds is 8. The molecule has 1 saturated heterocycles. The molecule has 0 spiro atoms. The first-order valence-corrected chi connectivity index (χ1v) is 8.33. The van der Waals surface area contributed by atoms with Crippen LogP contribution in [0.2, 0.25) is 0 Å². The lowest BCUT2D eigenvalue weighted by Gasteiger charge is -2.21. The summed E-state index contributed by atoms with van der Waals surface area (Å²) in [6.07, 6.45) is 5.00. The normalized spacial score (nSPS) is 20.9. The second kappa shape index (κ2) is 7.59. The van der Waals surface area contributed by atoms with Crippen LogP contribution < -0.4 is 5.32 Å². The van der Waals surface area contributed by atoms with E-state index in [4.69, 9.17) is 5.11 Å². The predicted octanol–water partition coefficient (Wildman–Crippen LogP) is 2.96. The van der Waals surface area contributed by atoms with Gasteiger partial charge in [0, 0.05) is 0 Å². The Labute approximate surface area is 137 Å². The number of nitrogens with zero attached hydrogens (tertiary/aromatic N) is 1. The van der Waals surface area contributed by atoms with Gasteiger partial charge in [-0.1, -0.05) is 56.9 Å². The number of amides is 3. The van der Waals surface area contributed by atoms with Crippen LogP contribution in [0.1, 0.15) is 57.1 Å². The Bertz CT molecular complexity index is 556. The van der Waals surface area contributed by atoms with Gasteiger partial charge in [0.05, 0.1) is 13.2 Å². The fraction of sp³-hybridized carbons (Fsp3) is 0.556. The number of unbranched alkanes of at least 4 members (excludes halogenated alkanes) is 3. The van der Waals surface area contributed by atoms with Crippen LogP contribution in [0.5, 0.6) is 0 Å². The number of aliphatic hydroxyl groups is 1. The third-order valence-corrected chi connectivity index (χ3v) is 4.42. The van der Waals surface area contributed by atoms with Crippen LogP contribution in [-0.4, -0.2) is 27.5 Å². The Morgan fingerprint density at radius 1 is 1.09 bits per heavy atom. The molecule has 1 unspecified atom stereocenters. The van der Waals surface area contributed by atoms with Gasteiger partial charge in [-0.3, -0.25) is 9.69 Å². The van der Waals surface area contributed by atoms with Crippen molar-refractivity contribution in [3.63, 3.8) is 0 Å². The summed E-state index contributed by atoms with van der Waals surface area (Å²) in [5.74, 6) is -0.148. The Kier molecular flexibility index (Phi) is 5.77. The number of benzene rings is 1. The highest BCUT2D eigenvalue weighted by Gasteiger charge is 2.46. The molecular weight excluding hydrogens is 292 g/mol. The molecule has 1 atom stereocenters. The second-order valence-electron chi connectivity index (χ2n) is 6.44. The topological polar surface area (TPSA) is 69.6 Å². The zero-order valence-electron chi connectivity index (χ0n) is 14.0. The van der Waals surface area contributed by atoms with E-state index in [1.807, 2.05) is 19.1 Å². The molecule has 1 aliphatic heterocycles. The van der Waals surface area contributed by atoms with Crippen molar-refractivity contribution >= 4 is 11.9 Å². The molecule has 1 heterocycles. The van der Waals surface area contributed by atoms with Crippen LogP contribution in [0.3, 0.4) is 0 Å². The predicted molar refractivity (Wildman–Crippen MR) is 88.6 cm³/mol. The number of imide groups is 1. The average molecular weight is 318 g/mol. The van der Waals surface area contributed by atoms with Crippen LogP contribution in [0, 0.1) is 0 Å². The van der Waals surface area contributed by atoms with Crippen LogP contribution in [-0.2, 0) is 17.9 Å². The van der Waals surface area contributed by atoms with Gasteiger partial charge < -0.3 is 10.4 Å². The summed E-state index contributed by atoms with van der Waals surface area (Å²) in [6, 6.07) is 6.96. The molecule has 1 aliphatic rings. The molecule has 5 heteroatoms. The van der Waals surface area contributed by atoms with Crippen molar-refractivity contribution in [2.75, 3.05) is 0 Å². The lowest BCUT2D eigenvalue weighted by molar-refractivity contribution is -0.131. The Balaban J connectivity index is 1.99. The number of hydrogen-bond acceptors (Lipinski definition) is 3. The van der Waals surface area contributed by atoms with Crippen molar-refractivity contribution in [1.29, 1.82) is 0 Å². The van der Waals surface area contributed by atoms with Gasteiger partial charge in [0.25, 0.3) is 5.91 Å². The summed E-state index contributed by atoms with van der Waals surface area (Å²) in [6.45, 7) is 4.21. The van der Waals surface area contributed by atoms with Crippen LogP contribution in [0.25, 0.3) is 0 Å². The Hall–Kier alpha value is -1.88. The van der Waals surface area contributed by atoms with Gasteiger partial charge in [-0.2, -0.15) is 0 Å². The highest BCUT2D eigenvalue weighted by Crippen LogP contribution is 2.25. The van der Waals surface area contributed by atoms with Crippen molar-refractivity contribution in [1.82, 2.24) is 10.2 Å².